The van der Waals surface area contributed by atoms with E-state index in [-0.39, 0.29) is 30.5 Å². The monoisotopic (exact) mass is 786 g/mol. The molecule has 2 N–H and O–H groups in total. The fraction of sp³-hybridized carbons (Fsp3) is 0.730. The summed E-state index contributed by atoms with van der Waals surface area (Å²) in [4.78, 5) is 47.1. The standard InChI is InChI=1S/C15H20O7.C12H18F6O4.C10H14/c1-4-15(2,3)14(18)19-6-9(16)21-11-8-5-7-10(20-8)12(11)22-13(7)17;1-5-9(4,6-19)7(20)22-8(2,3)10(21,11(13,14)15)12(16,17)18;1-3-9(2)10-7-5-4-6-8-10/h7-8,10-12H,4-6H2,1-3H3;19,21H,5-6H2,1-4H3;4-9H,3H2,1-2H3. The van der Waals surface area contributed by atoms with Crippen LogP contribution in [0.2, 0.25) is 0 Å². The van der Waals surface area contributed by atoms with Crippen LogP contribution in [0.25, 0.3) is 0 Å². The van der Waals surface area contributed by atoms with Gasteiger partial charge in [0, 0.05) is 0 Å². The van der Waals surface area contributed by atoms with Crippen molar-refractivity contribution in [2.24, 2.45) is 16.7 Å². The van der Waals surface area contributed by atoms with Crippen LogP contribution in [-0.2, 0) is 42.9 Å². The first-order valence-electron chi connectivity index (χ1n) is 17.7. The van der Waals surface area contributed by atoms with Crippen LogP contribution in [0.4, 0.5) is 26.3 Å². The van der Waals surface area contributed by atoms with Crippen LogP contribution in [0.5, 0.6) is 0 Å². The van der Waals surface area contributed by atoms with Gasteiger partial charge in [-0.2, -0.15) is 26.3 Å². The smallest absolute Gasteiger partial charge is 0.430 e. The molecule has 7 unspecified atom stereocenters. The van der Waals surface area contributed by atoms with E-state index in [9.17, 15) is 50.6 Å². The number of fused-ring (bicyclic) bond motifs is 1. The first-order valence-corrected chi connectivity index (χ1v) is 17.7. The van der Waals surface area contributed by atoms with Crippen molar-refractivity contribution >= 4 is 23.9 Å². The Bertz CT molecular complexity index is 1430. The van der Waals surface area contributed by atoms with Crippen LogP contribution in [0, 0.1) is 16.7 Å². The fourth-order valence-electron chi connectivity index (χ4n) is 5.64. The lowest BCUT2D eigenvalue weighted by Gasteiger charge is -2.44. The average Bonchev–Trinajstić information content (AvgIpc) is 3.74. The highest BCUT2D eigenvalue weighted by molar-refractivity contribution is 5.80. The molecule has 0 amide bonds. The van der Waals surface area contributed by atoms with E-state index in [2.05, 4.69) is 48.9 Å². The number of ether oxygens (including phenoxy) is 5. The molecular formula is C37H52F6O11. The second-order valence-electron chi connectivity index (χ2n) is 15.0. The minimum absolute atomic E-state index is 0.0884. The molecule has 0 aliphatic carbocycles. The van der Waals surface area contributed by atoms with Crippen LogP contribution in [0.1, 0.15) is 99.5 Å². The summed E-state index contributed by atoms with van der Waals surface area (Å²) < 4.78 is 102. The highest BCUT2D eigenvalue weighted by Gasteiger charge is 2.79. The molecule has 1 aromatic carbocycles. The van der Waals surface area contributed by atoms with Crippen LogP contribution in [0.15, 0.2) is 30.3 Å². The molecule has 3 saturated heterocycles. The van der Waals surface area contributed by atoms with E-state index in [4.69, 9.17) is 24.1 Å². The predicted molar refractivity (Wildman–Crippen MR) is 179 cm³/mol. The number of rotatable bonds is 12. The zero-order valence-corrected chi connectivity index (χ0v) is 31.9. The van der Waals surface area contributed by atoms with Crippen molar-refractivity contribution in [2.75, 3.05) is 13.2 Å². The summed E-state index contributed by atoms with van der Waals surface area (Å²) >= 11 is 0. The average molecular weight is 787 g/mol. The molecule has 11 nitrogen and oxygen atoms in total. The lowest BCUT2D eigenvalue weighted by molar-refractivity contribution is -0.408. The van der Waals surface area contributed by atoms with Crippen molar-refractivity contribution in [1.29, 1.82) is 0 Å². The molecule has 3 aliphatic heterocycles. The molecule has 3 aliphatic rings. The van der Waals surface area contributed by atoms with Gasteiger partial charge in [0.2, 0.25) is 0 Å². The fourth-order valence-corrected chi connectivity index (χ4v) is 5.64. The predicted octanol–water partition coefficient (Wildman–Crippen LogP) is 6.36. The molecular weight excluding hydrogens is 734 g/mol. The van der Waals surface area contributed by atoms with Crippen molar-refractivity contribution < 1.29 is 79.4 Å². The van der Waals surface area contributed by atoms with E-state index in [1.807, 2.05) is 6.92 Å². The van der Waals surface area contributed by atoms with E-state index in [1.54, 1.807) is 13.8 Å². The zero-order chi connectivity index (χ0) is 41.7. The van der Waals surface area contributed by atoms with Crippen molar-refractivity contribution in [3.8, 4) is 0 Å². The molecule has 0 saturated carbocycles. The minimum atomic E-state index is -6.13. The Morgan fingerprint density at radius 3 is 1.91 bits per heavy atom. The van der Waals surface area contributed by atoms with Gasteiger partial charge in [0.1, 0.15) is 6.10 Å². The third kappa shape index (κ3) is 10.0. The maximum Gasteiger partial charge on any atom is 0.430 e. The molecule has 4 rings (SSSR count). The van der Waals surface area contributed by atoms with E-state index < -0.39 is 77.7 Å². The highest BCUT2D eigenvalue weighted by atomic mass is 19.4. The quantitative estimate of drug-likeness (QED) is 0.138. The molecule has 0 aromatic heterocycles. The number of carbonyl (C=O) groups excluding carboxylic acids is 4. The molecule has 3 fully saturated rings. The molecule has 3 heterocycles. The van der Waals surface area contributed by atoms with Gasteiger partial charge in [-0.05, 0) is 71.8 Å². The summed E-state index contributed by atoms with van der Waals surface area (Å²) in [6.07, 6.45) is -11.7. The van der Waals surface area contributed by atoms with Gasteiger partial charge >= 0.3 is 36.2 Å². The summed E-state index contributed by atoms with van der Waals surface area (Å²) in [5.41, 5.74) is -9.48. The van der Waals surface area contributed by atoms with Gasteiger partial charge in [-0.15, -0.1) is 0 Å². The Balaban J connectivity index is 0.000000299. The first kappa shape index (κ1) is 46.7. The Labute approximate surface area is 311 Å². The summed E-state index contributed by atoms with van der Waals surface area (Å²) in [5, 5.41) is 18.3. The second-order valence-corrected chi connectivity index (χ2v) is 15.0. The molecule has 0 spiro atoms. The highest BCUT2D eigenvalue weighted by Crippen LogP contribution is 2.51. The van der Waals surface area contributed by atoms with Crippen LogP contribution < -0.4 is 0 Å². The van der Waals surface area contributed by atoms with E-state index in [0.717, 1.165) is 6.92 Å². The SMILES string of the molecule is CCC(C)(C)C(=O)OCC(=O)OC1C2CC3C(=O)OC1C3O2.CCC(C)(CO)C(=O)OC(C)(C)C(O)(C(F)(F)F)C(F)(F)F.CCC(C)c1ccccc1. The van der Waals surface area contributed by atoms with E-state index in [0.29, 0.717) is 32.6 Å². The lowest BCUT2D eigenvalue weighted by Crippen LogP contribution is -2.70. The molecule has 2 bridgehead atoms. The topological polar surface area (TPSA) is 155 Å². The van der Waals surface area contributed by atoms with Crippen molar-refractivity contribution in [3.63, 3.8) is 0 Å². The van der Waals surface area contributed by atoms with Crippen molar-refractivity contribution in [2.45, 2.75) is 142 Å². The van der Waals surface area contributed by atoms with Gasteiger partial charge < -0.3 is 33.9 Å². The Morgan fingerprint density at radius 1 is 0.889 bits per heavy atom. The number of halogens is 6. The van der Waals surface area contributed by atoms with Crippen LogP contribution in [-0.4, -0.2) is 95.3 Å². The maximum absolute atomic E-state index is 12.8. The third-order valence-corrected chi connectivity index (χ3v) is 10.5. The van der Waals surface area contributed by atoms with Gasteiger partial charge in [-0.1, -0.05) is 58.0 Å². The Kier molecular flexibility index (Phi) is 15.2. The molecule has 7 atom stereocenters. The second kappa shape index (κ2) is 17.6. The maximum atomic E-state index is 12.8. The van der Waals surface area contributed by atoms with Crippen LogP contribution >= 0.6 is 0 Å². The van der Waals surface area contributed by atoms with Crippen LogP contribution in [0.3, 0.4) is 0 Å². The Morgan fingerprint density at radius 2 is 1.44 bits per heavy atom. The summed E-state index contributed by atoms with van der Waals surface area (Å²) in [7, 11) is 0. The van der Waals surface area contributed by atoms with E-state index in [1.165, 1.54) is 18.9 Å². The third-order valence-electron chi connectivity index (χ3n) is 10.5. The molecule has 17 heteroatoms. The van der Waals surface area contributed by atoms with Gasteiger partial charge in [-0.3, -0.25) is 14.4 Å². The van der Waals surface area contributed by atoms with Gasteiger partial charge in [0.15, 0.2) is 24.4 Å². The van der Waals surface area contributed by atoms with Gasteiger partial charge in [0.05, 0.1) is 29.5 Å². The zero-order valence-electron chi connectivity index (χ0n) is 31.9. The van der Waals surface area contributed by atoms with Gasteiger partial charge in [0.25, 0.3) is 5.60 Å². The number of esters is 4. The number of carbonyl (C=O) groups is 4. The summed E-state index contributed by atoms with van der Waals surface area (Å²) in [5.74, 6) is -2.37. The van der Waals surface area contributed by atoms with Crippen molar-refractivity contribution in [3.05, 3.63) is 35.9 Å². The largest absolute Gasteiger partial charge is 0.455 e. The summed E-state index contributed by atoms with van der Waals surface area (Å²) in [6.45, 7) is 11.7. The number of hydrogen-bond donors (Lipinski definition) is 2. The van der Waals surface area contributed by atoms with E-state index >= 15 is 0 Å². The number of benzene rings is 1. The first-order chi connectivity index (χ1) is 24.7. The number of aliphatic hydroxyl groups is 2. The van der Waals surface area contributed by atoms with Crippen molar-refractivity contribution in [1.82, 2.24) is 0 Å². The summed E-state index contributed by atoms with van der Waals surface area (Å²) in [6, 6.07) is 10.6. The lowest BCUT2D eigenvalue weighted by atomic mass is 9.82. The molecule has 54 heavy (non-hydrogen) atoms. The number of aliphatic hydroxyl groups excluding tert-OH is 1. The minimum Gasteiger partial charge on any atom is -0.455 e. The van der Waals surface area contributed by atoms with Gasteiger partial charge in [-0.25, -0.2) is 4.79 Å². The molecule has 1 aromatic rings. The number of hydrogen-bond acceptors (Lipinski definition) is 11. The number of alkyl halides is 6. The molecule has 308 valence electrons. The normalized spacial score (nSPS) is 23.8. The Hall–Kier alpha value is -3.44. The molecule has 0 radical (unpaired) electrons.